The van der Waals surface area contributed by atoms with Gasteiger partial charge in [0.25, 0.3) is 0 Å². The van der Waals surface area contributed by atoms with E-state index in [0.29, 0.717) is 0 Å². The molecule has 0 unspecified atom stereocenters. The summed E-state index contributed by atoms with van der Waals surface area (Å²) in [6.45, 7) is 4.08. The SMILES string of the molecule is Cc1sc2ncnc(SCC(=O)NNC(=O)Cc3ccccc3)c2c1C. The van der Waals surface area contributed by atoms with Crippen molar-refractivity contribution >= 4 is 45.1 Å². The molecule has 2 N–H and O–H groups in total. The zero-order valence-corrected chi connectivity index (χ0v) is 16.0. The molecule has 2 heterocycles. The van der Waals surface area contributed by atoms with Crippen molar-refractivity contribution in [3.63, 3.8) is 0 Å². The van der Waals surface area contributed by atoms with E-state index in [0.717, 1.165) is 26.4 Å². The average Bonchev–Trinajstić information content (AvgIpc) is 2.94. The zero-order valence-electron chi connectivity index (χ0n) is 14.4. The minimum Gasteiger partial charge on any atom is -0.273 e. The summed E-state index contributed by atoms with van der Waals surface area (Å²) in [4.78, 5) is 34.6. The first-order chi connectivity index (χ1) is 12.5. The molecule has 0 saturated heterocycles. The molecule has 3 aromatic rings. The number of thiophene rings is 1. The molecular weight excluding hydrogens is 368 g/mol. The van der Waals surface area contributed by atoms with Gasteiger partial charge in [0.1, 0.15) is 16.2 Å². The summed E-state index contributed by atoms with van der Waals surface area (Å²) in [5.74, 6) is -0.387. The van der Waals surface area contributed by atoms with Crippen molar-refractivity contribution in [3.05, 3.63) is 52.7 Å². The highest BCUT2D eigenvalue weighted by molar-refractivity contribution is 8.00. The van der Waals surface area contributed by atoms with Gasteiger partial charge in [-0.3, -0.25) is 20.4 Å². The highest BCUT2D eigenvalue weighted by Gasteiger charge is 2.14. The summed E-state index contributed by atoms with van der Waals surface area (Å²) in [6, 6.07) is 9.36. The topological polar surface area (TPSA) is 84.0 Å². The fourth-order valence-electron chi connectivity index (χ4n) is 2.39. The minimum atomic E-state index is -0.284. The maximum atomic E-state index is 12.0. The highest BCUT2D eigenvalue weighted by Crippen LogP contribution is 2.34. The van der Waals surface area contributed by atoms with E-state index in [1.165, 1.54) is 23.0 Å². The Morgan fingerprint density at radius 2 is 1.81 bits per heavy atom. The molecule has 8 heteroatoms. The number of nitrogens with zero attached hydrogens (tertiary/aromatic N) is 2. The van der Waals surface area contributed by atoms with Crippen LogP contribution >= 0.6 is 23.1 Å². The molecule has 0 aliphatic carbocycles. The number of hydrogen-bond donors (Lipinski definition) is 2. The van der Waals surface area contributed by atoms with Crippen LogP contribution in [0.4, 0.5) is 0 Å². The van der Waals surface area contributed by atoms with Gasteiger partial charge in [0.15, 0.2) is 0 Å². The molecule has 3 rings (SSSR count). The van der Waals surface area contributed by atoms with E-state index >= 15 is 0 Å². The molecule has 0 spiro atoms. The Kier molecular flexibility index (Phi) is 5.85. The van der Waals surface area contributed by atoms with E-state index in [2.05, 4.69) is 20.8 Å². The third kappa shape index (κ3) is 4.39. The van der Waals surface area contributed by atoms with E-state index < -0.39 is 0 Å². The van der Waals surface area contributed by atoms with E-state index in [4.69, 9.17) is 0 Å². The van der Waals surface area contributed by atoms with Crippen LogP contribution in [0.1, 0.15) is 16.0 Å². The van der Waals surface area contributed by atoms with E-state index in [9.17, 15) is 9.59 Å². The number of rotatable bonds is 5. The van der Waals surface area contributed by atoms with Crippen LogP contribution in [0.3, 0.4) is 0 Å². The van der Waals surface area contributed by atoms with Gasteiger partial charge >= 0.3 is 0 Å². The molecule has 0 saturated carbocycles. The molecule has 26 heavy (non-hydrogen) atoms. The molecule has 2 amide bonds. The van der Waals surface area contributed by atoms with Gasteiger partial charge in [0, 0.05) is 10.3 Å². The standard InChI is InChI=1S/C18H18N4O2S2/c1-11-12(2)26-18-16(11)17(19-10-20-18)25-9-15(24)22-21-14(23)8-13-6-4-3-5-7-13/h3-7,10H,8-9H2,1-2H3,(H,21,23)(H,22,24). The summed E-state index contributed by atoms with van der Waals surface area (Å²) >= 11 is 2.95. The number of benzene rings is 1. The van der Waals surface area contributed by atoms with Crippen LogP contribution in [0, 0.1) is 13.8 Å². The van der Waals surface area contributed by atoms with Crippen LogP contribution in [-0.2, 0) is 16.0 Å². The molecule has 0 radical (unpaired) electrons. The second kappa shape index (κ2) is 8.29. The molecule has 2 aromatic heterocycles. The molecule has 0 bridgehead atoms. The summed E-state index contributed by atoms with van der Waals surface area (Å²) in [5, 5.41) is 1.78. The molecule has 1 aromatic carbocycles. The average molecular weight is 387 g/mol. The van der Waals surface area contributed by atoms with Crippen molar-refractivity contribution in [1.29, 1.82) is 0 Å². The number of fused-ring (bicyclic) bond motifs is 1. The van der Waals surface area contributed by atoms with Gasteiger partial charge in [-0.1, -0.05) is 42.1 Å². The van der Waals surface area contributed by atoms with Crippen molar-refractivity contribution in [3.8, 4) is 0 Å². The molecule has 0 fully saturated rings. The summed E-state index contributed by atoms with van der Waals surface area (Å²) in [7, 11) is 0. The van der Waals surface area contributed by atoms with Crippen molar-refractivity contribution in [2.45, 2.75) is 25.3 Å². The third-order valence-corrected chi connectivity index (χ3v) is 5.92. The summed E-state index contributed by atoms with van der Waals surface area (Å²) < 4.78 is 0. The molecule has 134 valence electrons. The Morgan fingerprint density at radius 1 is 1.08 bits per heavy atom. The van der Waals surface area contributed by atoms with E-state index in [1.807, 2.05) is 44.2 Å². The van der Waals surface area contributed by atoms with Gasteiger partial charge in [-0.15, -0.1) is 11.3 Å². The number of carbonyl (C=O) groups is 2. The van der Waals surface area contributed by atoms with Crippen molar-refractivity contribution in [2.75, 3.05) is 5.75 Å². The fraction of sp³-hybridized carbons (Fsp3) is 0.222. The second-order valence-electron chi connectivity index (χ2n) is 5.69. The lowest BCUT2D eigenvalue weighted by Crippen LogP contribution is -2.43. The third-order valence-electron chi connectivity index (χ3n) is 3.82. The lowest BCUT2D eigenvalue weighted by atomic mass is 10.1. The van der Waals surface area contributed by atoms with Gasteiger partial charge in [-0.25, -0.2) is 9.97 Å². The quantitative estimate of drug-likeness (QED) is 0.400. The van der Waals surface area contributed by atoms with Crippen LogP contribution in [0.25, 0.3) is 10.2 Å². The minimum absolute atomic E-state index is 0.159. The summed E-state index contributed by atoms with van der Waals surface area (Å²) in [6.07, 6.45) is 1.73. The predicted octanol–water partition coefficient (Wildman–Crippen LogP) is 2.79. The number of nitrogens with one attached hydrogen (secondary N) is 2. The van der Waals surface area contributed by atoms with Crippen molar-refractivity contribution < 1.29 is 9.59 Å². The number of carbonyl (C=O) groups excluding carboxylic acids is 2. The Balaban J connectivity index is 1.52. The normalized spacial score (nSPS) is 10.7. The Labute approximate surface area is 159 Å². The smallest absolute Gasteiger partial charge is 0.248 e. The van der Waals surface area contributed by atoms with E-state index in [1.54, 1.807) is 11.3 Å². The number of aryl methyl sites for hydroxylation is 2. The Bertz CT molecular complexity index is 941. The van der Waals surface area contributed by atoms with Crippen LogP contribution in [0.15, 0.2) is 41.7 Å². The van der Waals surface area contributed by atoms with Gasteiger partial charge in [-0.05, 0) is 25.0 Å². The largest absolute Gasteiger partial charge is 0.273 e. The highest BCUT2D eigenvalue weighted by atomic mass is 32.2. The maximum Gasteiger partial charge on any atom is 0.248 e. The second-order valence-corrected chi connectivity index (χ2v) is 7.86. The first-order valence-electron chi connectivity index (χ1n) is 7.99. The zero-order chi connectivity index (χ0) is 18.5. The number of amides is 2. The Hall–Kier alpha value is -2.45. The summed E-state index contributed by atoms with van der Waals surface area (Å²) in [5.41, 5.74) is 6.91. The molecule has 0 aliphatic rings. The monoisotopic (exact) mass is 386 g/mol. The van der Waals surface area contributed by atoms with Gasteiger partial charge < -0.3 is 0 Å². The van der Waals surface area contributed by atoms with Gasteiger partial charge in [0.05, 0.1) is 12.2 Å². The first-order valence-corrected chi connectivity index (χ1v) is 9.80. The predicted molar refractivity (Wildman–Crippen MR) is 104 cm³/mol. The van der Waals surface area contributed by atoms with Crippen LogP contribution in [-0.4, -0.2) is 27.5 Å². The van der Waals surface area contributed by atoms with Gasteiger partial charge in [0.2, 0.25) is 11.8 Å². The lowest BCUT2D eigenvalue weighted by Gasteiger charge is -2.07. The van der Waals surface area contributed by atoms with Gasteiger partial charge in [-0.2, -0.15) is 0 Å². The van der Waals surface area contributed by atoms with Crippen LogP contribution in [0.2, 0.25) is 0 Å². The van der Waals surface area contributed by atoms with Crippen molar-refractivity contribution in [1.82, 2.24) is 20.8 Å². The number of thioether (sulfide) groups is 1. The van der Waals surface area contributed by atoms with E-state index in [-0.39, 0.29) is 24.0 Å². The number of hydrogen-bond acceptors (Lipinski definition) is 6. The van der Waals surface area contributed by atoms with Crippen molar-refractivity contribution in [2.24, 2.45) is 0 Å². The maximum absolute atomic E-state index is 12.0. The van der Waals surface area contributed by atoms with Crippen LogP contribution < -0.4 is 10.9 Å². The molecule has 0 aliphatic heterocycles. The Morgan fingerprint density at radius 3 is 2.58 bits per heavy atom. The molecular formula is C18H18N4O2S2. The fourth-order valence-corrected chi connectivity index (χ4v) is 4.31. The van der Waals surface area contributed by atoms with Crippen LogP contribution in [0.5, 0.6) is 0 Å². The molecule has 6 nitrogen and oxygen atoms in total. The molecule has 0 atom stereocenters. The number of hydrazine groups is 1. The first kappa shape index (κ1) is 18.3. The number of aromatic nitrogens is 2. The lowest BCUT2D eigenvalue weighted by molar-refractivity contribution is -0.127.